The Kier molecular flexibility index (Phi) is 3.51. The molecular formula is C12H15N3O2. The minimum absolute atomic E-state index is 0.216. The van der Waals surface area contributed by atoms with Gasteiger partial charge in [0.25, 0.3) is 5.89 Å². The maximum Gasteiger partial charge on any atom is 0.255 e. The van der Waals surface area contributed by atoms with Crippen LogP contribution >= 0.6 is 0 Å². The second kappa shape index (κ2) is 5.07. The molecule has 0 saturated heterocycles. The summed E-state index contributed by atoms with van der Waals surface area (Å²) in [6, 6.07) is 7.75. The normalized spacial score (nSPS) is 12.6. The lowest BCUT2D eigenvalue weighted by Crippen LogP contribution is -2.06. The summed E-state index contributed by atoms with van der Waals surface area (Å²) in [6.45, 7) is 2.35. The van der Waals surface area contributed by atoms with Gasteiger partial charge in [-0.05, 0) is 25.5 Å². The topological polar surface area (TPSA) is 85.2 Å². The van der Waals surface area contributed by atoms with E-state index < -0.39 is 6.10 Å². The highest BCUT2D eigenvalue weighted by Crippen LogP contribution is 2.22. The summed E-state index contributed by atoms with van der Waals surface area (Å²) in [5.41, 5.74) is 7.33. The smallest absolute Gasteiger partial charge is 0.255 e. The summed E-state index contributed by atoms with van der Waals surface area (Å²) in [5.74, 6) is 0.711. The quantitative estimate of drug-likeness (QED) is 0.834. The van der Waals surface area contributed by atoms with E-state index in [4.69, 9.17) is 10.3 Å². The first kappa shape index (κ1) is 11.8. The minimum atomic E-state index is -0.787. The molecule has 2 rings (SSSR count). The van der Waals surface area contributed by atoms with Crippen molar-refractivity contribution in [2.24, 2.45) is 5.73 Å². The average molecular weight is 233 g/mol. The highest BCUT2D eigenvalue weighted by Gasteiger charge is 2.16. The molecule has 0 aliphatic heterocycles. The first-order valence-corrected chi connectivity index (χ1v) is 5.50. The maximum atomic E-state index is 9.67. The molecule has 1 aromatic heterocycles. The Bertz CT molecular complexity index is 496. The van der Waals surface area contributed by atoms with Crippen LogP contribution in [0.3, 0.4) is 0 Å². The molecule has 0 bridgehead atoms. The van der Waals surface area contributed by atoms with Crippen LogP contribution in [0.1, 0.15) is 24.0 Å². The largest absolute Gasteiger partial charge is 0.383 e. The van der Waals surface area contributed by atoms with Gasteiger partial charge >= 0.3 is 0 Å². The molecule has 5 nitrogen and oxygen atoms in total. The van der Waals surface area contributed by atoms with Gasteiger partial charge in [-0.3, -0.25) is 0 Å². The molecule has 0 fully saturated rings. The molecular weight excluding hydrogens is 218 g/mol. The molecule has 0 aliphatic rings. The van der Waals surface area contributed by atoms with Gasteiger partial charge in [0.2, 0.25) is 5.82 Å². The molecule has 0 spiro atoms. The molecule has 5 heteroatoms. The molecule has 3 N–H and O–H groups in total. The van der Waals surface area contributed by atoms with Crippen molar-refractivity contribution in [1.29, 1.82) is 0 Å². The fourth-order valence-electron chi connectivity index (χ4n) is 1.59. The number of benzene rings is 1. The molecule has 17 heavy (non-hydrogen) atoms. The van der Waals surface area contributed by atoms with Crippen LogP contribution < -0.4 is 5.73 Å². The van der Waals surface area contributed by atoms with Gasteiger partial charge < -0.3 is 15.4 Å². The van der Waals surface area contributed by atoms with Crippen LogP contribution in [0, 0.1) is 6.92 Å². The van der Waals surface area contributed by atoms with E-state index in [1.54, 1.807) is 0 Å². The number of aliphatic hydroxyl groups excluding tert-OH is 1. The first-order valence-electron chi connectivity index (χ1n) is 5.50. The van der Waals surface area contributed by atoms with Crippen molar-refractivity contribution in [3.63, 3.8) is 0 Å². The highest BCUT2D eigenvalue weighted by atomic mass is 16.5. The molecule has 2 aromatic rings. The van der Waals surface area contributed by atoms with E-state index in [2.05, 4.69) is 10.1 Å². The van der Waals surface area contributed by atoms with Gasteiger partial charge in [0.05, 0.1) is 0 Å². The van der Waals surface area contributed by atoms with Gasteiger partial charge in [0.15, 0.2) is 0 Å². The van der Waals surface area contributed by atoms with Crippen LogP contribution in [0.4, 0.5) is 0 Å². The van der Waals surface area contributed by atoms with E-state index in [1.807, 2.05) is 31.2 Å². The van der Waals surface area contributed by atoms with Crippen LogP contribution in [0.5, 0.6) is 0 Å². The Morgan fingerprint density at radius 1 is 1.41 bits per heavy atom. The Morgan fingerprint density at radius 3 is 2.88 bits per heavy atom. The molecule has 1 heterocycles. The molecule has 1 aromatic carbocycles. The number of aromatic nitrogens is 2. The SMILES string of the molecule is Cc1ccccc1-c1noc([C@@H](O)CCN)n1. The summed E-state index contributed by atoms with van der Waals surface area (Å²) in [4.78, 5) is 4.18. The number of aliphatic hydroxyl groups is 1. The Balaban J connectivity index is 2.27. The molecule has 0 amide bonds. The van der Waals surface area contributed by atoms with Crippen molar-refractivity contribution in [1.82, 2.24) is 10.1 Å². The van der Waals surface area contributed by atoms with Gasteiger partial charge in [0.1, 0.15) is 6.10 Å². The number of aryl methyl sites for hydroxylation is 1. The lowest BCUT2D eigenvalue weighted by molar-refractivity contribution is 0.127. The third-order valence-electron chi connectivity index (χ3n) is 2.55. The maximum absolute atomic E-state index is 9.67. The summed E-state index contributed by atoms with van der Waals surface area (Å²) in [5, 5.41) is 13.5. The highest BCUT2D eigenvalue weighted by molar-refractivity contribution is 5.58. The van der Waals surface area contributed by atoms with E-state index in [0.717, 1.165) is 11.1 Å². The molecule has 0 radical (unpaired) electrons. The fraction of sp³-hybridized carbons (Fsp3) is 0.333. The lowest BCUT2D eigenvalue weighted by atomic mass is 10.1. The zero-order chi connectivity index (χ0) is 12.3. The van der Waals surface area contributed by atoms with Crippen LogP contribution in [0.25, 0.3) is 11.4 Å². The zero-order valence-corrected chi connectivity index (χ0v) is 9.63. The van der Waals surface area contributed by atoms with Crippen LogP contribution in [0.15, 0.2) is 28.8 Å². The minimum Gasteiger partial charge on any atom is -0.383 e. The standard InChI is InChI=1S/C12H15N3O2/c1-8-4-2-3-5-9(8)11-14-12(17-15-11)10(16)6-7-13/h2-5,10,16H,6-7,13H2,1H3/t10-/m0/s1. The first-order chi connectivity index (χ1) is 8.22. The Hall–Kier alpha value is -1.72. The Labute approximate surface area is 99.3 Å². The third kappa shape index (κ3) is 2.51. The molecule has 0 unspecified atom stereocenters. The number of nitrogens with zero attached hydrogens (tertiary/aromatic N) is 2. The van der Waals surface area contributed by atoms with Crippen molar-refractivity contribution < 1.29 is 9.63 Å². The van der Waals surface area contributed by atoms with Crippen LogP contribution in [0.2, 0.25) is 0 Å². The van der Waals surface area contributed by atoms with E-state index in [-0.39, 0.29) is 5.89 Å². The monoisotopic (exact) mass is 233 g/mol. The van der Waals surface area contributed by atoms with Crippen LogP contribution in [-0.4, -0.2) is 21.8 Å². The molecule has 0 aliphatic carbocycles. The number of rotatable bonds is 4. The van der Waals surface area contributed by atoms with E-state index in [9.17, 15) is 5.11 Å². The second-order valence-corrected chi connectivity index (χ2v) is 3.86. The van der Waals surface area contributed by atoms with Crippen molar-refractivity contribution in [3.05, 3.63) is 35.7 Å². The predicted molar refractivity (Wildman–Crippen MR) is 63.1 cm³/mol. The van der Waals surface area contributed by atoms with Crippen molar-refractivity contribution in [3.8, 4) is 11.4 Å². The second-order valence-electron chi connectivity index (χ2n) is 3.86. The van der Waals surface area contributed by atoms with E-state index in [0.29, 0.717) is 18.8 Å². The van der Waals surface area contributed by atoms with Gasteiger partial charge in [-0.25, -0.2) is 0 Å². The van der Waals surface area contributed by atoms with Gasteiger partial charge in [0, 0.05) is 5.56 Å². The van der Waals surface area contributed by atoms with Gasteiger partial charge in [-0.1, -0.05) is 29.4 Å². The van der Waals surface area contributed by atoms with E-state index in [1.165, 1.54) is 0 Å². The van der Waals surface area contributed by atoms with E-state index >= 15 is 0 Å². The fourth-order valence-corrected chi connectivity index (χ4v) is 1.59. The van der Waals surface area contributed by atoms with Crippen molar-refractivity contribution >= 4 is 0 Å². The lowest BCUT2D eigenvalue weighted by Gasteiger charge is -2.01. The summed E-state index contributed by atoms with van der Waals surface area (Å²) in [7, 11) is 0. The molecule has 1 atom stereocenters. The molecule has 0 saturated carbocycles. The predicted octanol–water partition coefficient (Wildman–Crippen LogP) is 1.43. The van der Waals surface area contributed by atoms with Gasteiger partial charge in [-0.2, -0.15) is 4.98 Å². The Morgan fingerprint density at radius 2 is 2.18 bits per heavy atom. The number of hydrogen-bond acceptors (Lipinski definition) is 5. The third-order valence-corrected chi connectivity index (χ3v) is 2.55. The average Bonchev–Trinajstić information content (AvgIpc) is 2.79. The van der Waals surface area contributed by atoms with Gasteiger partial charge in [-0.15, -0.1) is 0 Å². The summed E-state index contributed by atoms with van der Waals surface area (Å²) >= 11 is 0. The van der Waals surface area contributed by atoms with Crippen LogP contribution in [-0.2, 0) is 0 Å². The summed E-state index contributed by atoms with van der Waals surface area (Å²) in [6.07, 6.45) is -0.375. The van der Waals surface area contributed by atoms with Crippen molar-refractivity contribution in [2.75, 3.05) is 6.54 Å². The number of nitrogens with two attached hydrogens (primary N) is 1. The zero-order valence-electron chi connectivity index (χ0n) is 9.63. The summed E-state index contributed by atoms with van der Waals surface area (Å²) < 4.78 is 5.02. The molecule has 90 valence electrons. The number of hydrogen-bond donors (Lipinski definition) is 2. The van der Waals surface area contributed by atoms with Crippen molar-refractivity contribution in [2.45, 2.75) is 19.4 Å².